The van der Waals surface area contributed by atoms with Crippen LogP contribution in [0.25, 0.3) is 0 Å². The van der Waals surface area contributed by atoms with Crippen molar-refractivity contribution in [1.29, 1.82) is 0 Å². The fourth-order valence-corrected chi connectivity index (χ4v) is 4.16. The van der Waals surface area contributed by atoms with Crippen LogP contribution in [0.4, 0.5) is 0 Å². The molecule has 0 aliphatic carbocycles. The third-order valence-corrected chi connectivity index (χ3v) is 6.11. The van der Waals surface area contributed by atoms with Crippen molar-refractivity contribution in [2.24, 2.45) is 5.73 Å². The standard InChI is InChI=1S/C16H22N4O5S/c1-9(13(17)22)20(2,3)6-4-5-10-7-26-15-11(18-8-21)14(23)19(15)12(10)16(24)25/h4-5,8-9,11,15H,6-7H2,1-3H3,(H3-,17,18,21,22,24,25)/p+1/b5-4+/t9-,11-,15+/m1/s1. The Morgan fingerprint density at radius 2 is 2.15 bits per heavy atom. The molecule has 1 saturated heterocycles. The summed E-state index contributed by atoms with van der Waals surface area (Å²) in [5.74, 6) is -1.63. The van der Waals surface area contributed by atoms with Crippen molar-refractivity contribution in [3.8, 4) is 0 Å². The van der Waals surface area contributed by atoms with Gasteiger partial charge in [-0.3, -0.25) is 19.3 Å². The zero-order valence-corrected chi connectivity index (χ0v) is 15.7. The van der Waals surface area contributed by atoms with E-state index in [1.165, 1.54) is 16.7 Å². The molecule has 1 fully saturated rings. The molecule has 0 aromatic rings. The number of allylic oxidation sites excluding steroid dienone is 1. The first-order chi connectivity index (χ1) is 12.1. The van der Waals surface area contributed by atoms with Gasteiger partial charge in [0.15, 0.2) is 6.04 Å². The number of likely N-dealkylation sites (N-methyl/N-ethyl adjacent to an activating group) is 1. The lowest BCUT2D eigenvalue weighted by Gasteiger charge is -2.48. The Balaban J connectivity index is 2.20. The van der Waals surface area contributed by atoms with Gasteiger partial charge in [-0.2, -0.15) is 0 Å². The van der Waals surface area contributed by atoms with E-state index < -0.39 is 35.2 Å². The molecule has 9 nitrogen and oxygen atoms in total. The van der Waals surface area contributed by atoms with Gasteiger partial charge in [0.1, 0.15) is 17.1 Å². The van der Waals surface area contributed by atoms with Crippen molar-refractivity contribution in [2.75, 3.05) is 26.4 Å². The summed E-state index contributed by atoms with van der Waals surface area (Å²) >= 11 is 1.40. The number of nitrogens with two attached hydrogens (primary N) is 1. The Bertz CT molecular complexity index is 703. The molecular weight excluding hydrogens is 360 g/mol. The first-order valence-electron chi connectivity index (χ1n) is 8.01. The minimum Gasteiger partial charge on any atom is -0.477 e. The van der Waals surface area contributed by atoms with Gasteiger partial charge in [-0.1, -0.05) is 6.08 Å². The van der Waals surface area contributed by atoms with E-state index in [1.807, 2.05) is 14.1 Å². The van der Waals surface area contributed by atoms with Crippen LogP contribution in [-0.4, -0.2) is 82.5 Å². The maximum atomic E-state index is 12.2. The lowest BCUT2D eigenvalue weighted by atomic mass is 10.0. The second-order valence-corrected chi connectivity index (χ2v) is 7.90. The van der Waals surface area contributed by atoms with E-state index in [-0.39, 0.29) is 5.70 Å². The Morgan fingerprint density at radius 1 is 1.50 bits per heavy atom. The molecule has 0 unspecified atom stereocenters. The molecule has 10 heteroatoms. The summed E-state index contributed by atoms with van der Waals surface area (Å²) < 4.78 is 0.325. The molecular formula is C16H23N4O5S+. The van der Waals surface area contributed by atoms with E-state index in [0.29, 0.717) is 28.8 Å². The number of hydrogen-bond donors (Lipinski definition) is 3. The fraction of sp³-hybridized carbons (Fsp3) is 0.500. The SMILES string of the molecule is C[C@H](C(N)=O)[N+](C)(C)C/C=C/C1=C(C(=O)O)N2C(=O)[C@@H](NC=O)[C@@H]2SC1. The highest BCUT2D eigenvalue weighted by atomic mass is 32.2. The van der Waals surface area contributed by atoms with Gasteiger partial charge in [0, 0.05) is 5.75 Å². The van der Waals surface area contributed by atoms with Crippen LogP contribution in [0.15, 0.2) is 23.4 Å². The van der Waals surface area contributed by atoms with Crippen molar-refractivity contribution in [1.82, 2.24) is 10.2 Å². The molecule has 0 saturated carbocycles. The third-order valence-electron chi connectivity index (χ3n) is 4.80. The maximum Gasteiger partial charge on any atom is 0.352 e. The first kappa shape index (κ1) is 20.0. The fourth-order valence-electron chi connectivity index (χ4n) is 2.83. The predicted molar refractivity (Wildman–Crippen MR) is 95.5 cm³/mol. The smallest absolute Gasteiger partial charge is 0.352 e. The number of rotatable bonds is 8. The molecule has 0 bridgehead atoms. The van der Waals surface area contributed by atoms with Gasteiger partial charge in [-0.15, -0.1) is 11.8 Å². The number of carboxylic acid groups (broad SMARTS) is 1. The quantitative estimate of drug-likeness (QED) is 0.276. The summed E-state index contributed by atoms with van der Waals surface area (Å²) in [7, 11) is 3.71. The van der Waals surface area contributed by atoms with Crippen LogP contribution >= 0.6 is 11.8 Å². The maximum absolute atomic E-state index is 12.2. The number of fused-ring (bicyclic) bond motifs is 1. The monoisotopic (exact) mass is 383 g/mol. The van der Waals surface area contributed by atoms with Gasteiger partial charge < -0.3 is 20.6 Å². The number of β-lactam (4-membered cyclic amide) rings is 1. The molecule has 142 valence electrons. The summed E-state index contributed by atoms with van der Waals surface area (Å²) in [4.78, 5) is 47.0. The summed E-state index contributed by atoms with van der Waals surface area (Å²) in [6.45, 7) is 2.20. The number of aliphatic carboxylic acids is 1. The zero-order chi connectivity index (χ0) is 19.6. The van der Waals surface area contributed by atoms with Crippen molar-refractivity contribution in [2.45, 2.75) is 24.4 Å². The minimum absolute atomic E-state index is 0.0628. The summed E-state index contributed by atoms with van der Waals surface area (Å²) in [5, 5.41) is 11.5. The van der Waals surface area contributed by atoms with Crippen LogP contribution in [0.3, 0.4) is 0 Å². The number of primary amides is 1. The molecule has 2 aliphatic heterocycles. The lowest BCUT2D eigenvalue weighted by molar-refractivity contribution is -0.898. The molecule has 3 amide bonds. The van der Waals surface area contributed by atoms with Crippen LogP contribution in [0.1, 0.15) is 6.92 Å². The van der Waals surface area contributed by atoms with Gasteiger partial charge in [-0.05, 0) is 18.6 Å². The third kappa shape index (κ3) is 3.61. The summed E-state index contributed by atoms with van der Waals surface area (Å²) in [6, 6.07) is -1.09. The van der Waals surface area contributed by atoms with E-state index in [2.05, 4.69) is 5.32 Å². The Kier molecular flexibility index (Phi) is 5.77. The minimum atomic E-state index is -1.19. The van der Waals surface area contributed by atoms with Crippen LogP contribution in [-0.2, 0) is 19.2 Å². The van der Waals surface area contributed by atoms with Gasteiger partial charge >= 0.3 is 5.97 Å². The highest BCUT2D eigenvalue weighted by molar-refractivity contribution is 8.00. The molecule has 26 heavy (non-hydrogen) atoms. The number of quaternary nitrogens is 1. The van der Waals surface area contributed by atoms with E-state index in [9.17, 15) is 24.3 Å². The van der Waals surface area contributed by atoms with Crippen molar-refractivity contribution in [3.05, 3.63) is 23.4 Å². The zero-order valence-electron chi connectivity index (χ0n) is 14.8. The van der Waals surface area contributed by atoms with Gasteiger partial charge in [0.05, 0.1) is 20.6 Å². The number of carboxylic acids is 1. The predicted octanol–water partition coefficient (Wildman–Crippen LogP) is -1.14. The second kappa shape index (κ2) is 7.50. The van der Waals surface area contributed by atoms with E-state index in [4.69, 9.17) is 5.73 Å². The van der Waals surface area contributed by atoms with Crippen LogP contribution in [0, 0.1) is 0 Å². The number of nitrogens with zero attached hydrogens (tertiary/aromatic N) is 2. The molecule has 3 atom stereocenters. The lowest BCUT2D eigenvalue weighted by Crippen LogP contribution is -2.69. The van der Waals surface area contributed by atoms with E-state index in [1.54, 1.807) is 19.1 Å². The molecule has 2 rings (SSSR count). The number of carbonyl (C=O) groups excluding carboxylic acids is 3. The highest BCUT2D eigenvalue weighted by Crippen LogP contribution is 2.40. The van der Waals surface area contributed by atoms with Crippen LogP contribution in [0.5, 0.6) is 0 Å². The molecule has 4 N–H and O–H groups in total. The number of carbonyl (C=O) groups is 4. The first-order valence-corrected chi connectivity index (χ1v) is 9.06. The molecule has 2 heterocycles. The second-order valence-electron chi connectivity index (χ2n) is 6.79. The normalized spacial score (nSPS) is 24.1. The van der Waals surface area contributed by atoms with Gasteiger partial charge in [0.2, 0.25) is 6.41 Å². The van der Waals surface area contributed by atoms with Gasteiger partial charge in [0.25, 0.3) is 11.8 Å². The molecule has 0 aromatic heterocycles. The largest absolute Gasteiger partial charge is 0.477 e. The average Bonchev–Trinajstić information content (AvgIpc) is 2.57. The number of amides is 3. The molecule has 0 radical (unpaired) electrons. The van der Waals surface area contributed by atoms with E-state index >= 15 is 0 Å². The summed E-state index contributed by atoms with van der Waals surface area (Å²) in [5.41, 5.74) is 5.80. The van der Waals surface area contributed by atoms with Crippen molar-refractivity contribution in [3.63, 3.8) is 0 Å². The highest BCUT2D eigenvalue weighted by Gasteiger charge is 2.53. The van der Waals surface area contributed by atoms with Crippen LogP contribution < -0.4 is 11.1 Å². The van der Waals surface area contributed by atoms with Crippen LogP contribution in [0.2, 0.25) is 0 Å². The Hall–Kier alpha value is -2.33. The van der Waals surface area contributed by atoms with Gasteiger partial charge in [-0.25, -0.2) is 4.79 Å². The number of nitrogens with one attached hydrogen (secondary N) is 1. The Labute approximate surface area is 155 Å². The number of hydrogen-bond acceptors (Lipinski definition) is 5. The number of thioether (sulfide) groups is 1. The summed E-state index contributed by atoms with van der Waals surface area (Å²) in [6.07, 6.45) is 3.90. The van der Waals surface area contributed by atoms with E-state index in [0.717, 1.165) is 0 Å². The average molecular weight is 383 g/mol. The molecule has 0 aromatic carbocycles. The van der Waals surface area contributed by atoms with Crippen molar-refractivity contribution < 1.29 is 28.8 Å². The topological polar surface area (TPSA) is 130 Å². The molecule has 2 aliphatic rings. The van der Waals surface area contributed by atoms with Crippen molar-refractivity contribution >= 4 is 36.0 Å². The molecule has 0 spiro atoms. The Morgan fingerprint density at radius 3 is 2.69 bits per heavy atom.